The van der Waals surface area contributed by atoms with Gasteiger partial charge in [-0.1, -0.05) is 0 Å². The molecular weight excluding hydrogens is 226 g/mol. The number of carbonyl (C=O) groups excluding carboxylic acids is 1. The van der Waals surface area contributed by atoms with Crippen LogP contribution in [0, 0.1) is 6.92 Å². The van der Waals surface area contributed by atoms with Gasteiger partial charge < -0.3 is 10.1 Å². The lowest BCUT2D eigenvalue weighted by molar-refractivity contribution is 0.00695. The van der Waals surface area contributed by atoms with E-state index < -0.39 is 5.60 Å². The van der Waals surface area contributed by atoms with Crippen LogP contribution in [0.25, 0.3) is 0 Å². The lowest BCUT2D eigenvalue weighted by atomic mass is 10.1. The highest BCUT2D eigenvalue weighted by Crippen LogP contribution is 2.19. The SMILES string of the molecule is Cc1cc(C(=O)OC(C)(C)C)ccc1NC(C)C. The summed E-state index contributed by atoms with van der Waals surface area (Å²) in [7, 11) is 0. The molecule has 1 rings (SSSR count). The predicted octanol–water partition coefficient (Wildman–Crippen LogP) is 3.77. The van der Waals surface area contributed by atoms with Crippen LogP contribution in [0.2, 0.25) is 0 Å². The monoisotopic (exact) mass is 249 g/mol. The summed E-state index contributed by atoms with van der Waals surface area (Å²) < 4.78 is 5.34. The lowest BCUT2D eigenvalue weighted by Gasteiger charge is -2.20. The second kappa shape index (κ2) is 5.42. The van der Waals surface area contributed by atoms with Gasteiger partial charge in [0.15, 0.2) is 0 Å². The van der Waals surface area contributed by atoms with Crippen molar-refractivity contribution < 1.29 is 9.53 Å². The first kappa shape index (κ1) is 14.6. The van der Waals surface area contributed by atoms with Crippen molar-refractivity contribution >= 4 is 11.7 Å². The van der Waals surface area contributed by atoms with Gasteiger partial charge in [-0.15, -0.1) is 0 Å². The van der Waals surface area contributed by atoms with Crippen molar-refractivity contribution in [1.29, 1.82) is 0 Å². The number of ether oxygens (including phenoxy) is 1. The van der Waals surface area contributed by atoms with E-state index in [1.54, 1.807) is 6.07 Å². The van der Waals surface area contributed by atoms with Crippen molar-refractivity contribution in [3.05, 3.63) is 29.3 Å². The van der Waals surface area contributed by atoms with Crippen LogP contribution in [0.4, 0.5) is 5.69 Å². The number of carbonyl (C=O) groups is 1. The van der Waals surface area contributed by atoms with Gasteiger partial charge in [-0.2, -0.15) is 0 Å². The fraction of sp³-hybridized carbons (Fsp3) is 0.533. The molecular formula is C15H23NO2. The predicted molar refractivity (Wildman–Crippen MR) is 75.1 cm³/mol. The summed E-state index contributed by atoms with van der Waals surface area (Å²) in [5.41, 5.74) is 2.24. The second-order valence-electron chi connectivity index (χ2n) is 5.83. The number of benzene rings is 1. The van der Waals surface area contributed by atoms with Crippen molar-refractivity contribution in [2.45, 2.75) is 53.2 Å². The Hall–Kier alpha value is -1.51. The normalized spacial score (nSPS) is 11.5. The van der Waals surface area contributed by atoms with Crippen LogP contribution >= 0.6 is 0 Å². The summed E-state index contributed by atoms with van der Waals surface area (Å²) in [5.74, 6) is -0.276. The second-order valence-corrected chi connectivity index (χ2v) is 5.83. The molecule has 0 amide bonds. The standard InChI is InChI=1S/C15H23NO2/c1-10(2)16-13-8-7-12(9-11(13)3)14(17)18-15(4,5)6/h7-10,16H,1-6H3. The molecule has 0 unspecified atom stereocenters. The number of rotatable bonds is 3. The van der Waals surface area contributed by atoms with Gasteiger partial charge in [-0.3, -0.25) is 0 Å². The van der Waals surface area contributed by atoms with E-state index >= 15 is 0 Å². The molecule has 1 aromatic carbocycles. The summed E-state index contributed by atoms with van der Waals surface area (Å²) in [6, 6.07) is 5.95. The summed E-state index contributed by atoms with van der Waals surface area (Å²) in [5, 5.41) is 3.34. The average molecular weight is 249 g/mol. The first-order valence-corrected chi connectivity index (χ1v) is 6.29. The fourth-order valence-electron chi connectivity index (χ4n) is 1.60. The summed E-state index contributed by atoms with van der Waals surface area (Å²) in [4.78, 5) is 11.9. The van der Waals surface area contributed by atoms with Crippen molar-refractivity contribution in [2.24, 2.45) is 0 Å². The van der Waals surface area contributed by atoms with Crippen LogP contribution < -0.4 is 5.32 Å². The molecule has 0 heterocycles. The number of esters is 1. The fourth-order valence-corrected chi connectivity index (χ4v) is 1.60. The summed E-state index contributed by atoms with van der Waals surface area (Å²) in [6.45, 7) is 11.8. The zero-order valence-corrected chi connectivity index (χ0v) is 12.1. The quantitative estimate of drug-likeness (QED) is 0.829. The van der Waals surface area contributed by atoms with Crippen molar-refractivity contribution in [1.82, 2.24) is 0 Å². The Morgan fingerprint density at radius 2 is 1.89 bits per heavy atom. The molecule has 3 nitrogen and oxygen atoms in total. The highest BCUT2D eigenvalue weighted by Gasteiger charge is 2.18. The molecule has 18 heavy (non-hydrogen) atoms. The van der Waals surface area contributed by atoms with E-state index in [4.69, 9.17) is 4.74 Å². The molecule has 0 fully saturated rings. The molecule has 0 saturated carbocycles. The Kier molecular flexibility index (Phi) is 4.38. The highest BCUT2D eigenvalue weighted by atomic mass is 16.6. The number of hydrogen-bond acceptors (Lipinski definition) is 3. The topological polar surface area (TPSA) is 38.3 Å². The van der Waals surface area contributed by atoms with Gasteiger partial charge in [0.25, 0.3) is 0 Å². The van der Waals surface area contributed by atoms with Crippen molar-refractivity contribution in [3.63, 3.8) is 0 Å². The first-order chi connectivity index (χ1) is 8.19. The Bertz CT molecular complexity index is 431. The molecule has 0 aromatic heterocycles. The zero-order valence-electron chi connectivity index (χ0n) is 12.1. The zero-order chi connectivity index (χ0) is 13.9. The molecule has 0 spiro atoms. The van der Waals surface area contributed by atoms with Crippen LogP contribution in [-0.2, 0) is 4.74 Å². The smallest absolute Gasteiger partial charge is 0.338 e. The molecule has 0 aliphatic rings. The molecule has 0 aliphatic heterocycles. The van der Waals surface area contributed by atoms with Crippen LogP contribution in [0.5, 0.6) is 0 Å². The number of anilines is 1. The number of nitrogens with one attached hydrogen (secondary N) is 1. The summed E-state index contributed by atoms with van der Waals surface area (Å²) >= 11 is 0. The van der Waals surface area contributed by atoms with Crippen LogP contribution in [0.1, 0.15) is 50.5 Å². The van der Waals surface area contributed by atoms with Gasteiger partial charge in [-0.05, 0) is 65.3 Å². The van der Waals surface area contributed by atoms with Crippen molar-refractivity contribution in [3.8, 4) is 0 Å². The van der Waals surface area contributed by atoms with E-state index in [-0.39, 0.29) is 5.97 Å². The van der Waals surface area contributed by atoms with E-state index in [1.165, 1.54) is 0 Å². The molecule has 100 valence electrons. The molecule has 1 aromatic rings. The highest BCUT2D eigenvalue weighted by molar-refractivity contribution is 5.90. The molecule has 1 N–H and O–H groups in total. The largest absolute Gasteiger partial charge is 0.456 e. The van der Waals surface area contributed by atoms with Gasteiger partial charge in [0.1, 0.15) is 5.60 Å². The van der Waals surface area contributed by atoms with E-state index in [1.807, 2.05) is 39.8 Å². The third-order valence-electron chi connectivity index (χ3n) is 2.31. The van der Waals surface area contributed by atoms with Gasteiger partial charge in [0.05, 0.1) is 5.56 Å². The minimum atomic E-state index is -0.458. The Morgan fingerprint density at radius 1 is 1.28 bits per heavy atom. The van der Waals surface area contributed by atoms with Crippen LogP contribution in [0.3, 0.4) is 0 Å². The van der Waals surface area contributed by atoms with Gasteiger partial charge >= 0.3 is 5.97 Å². The Morgan fingerprint density at radius 3 is 2.33 bits per heavy atom. The minimum Gasteiger partial charge on any atom is -0.456 e. The van der Waals surface area contributed by atoms with Crippen LogP contribution in [0.15, 0.2) is 18.2 Å². The molecule has 0 radical (unpaired) electrons. The van der Waals surface area contributed by atoms with E-state index in [0.29, 0.717) is 11.6 Å². The average Bonchev–Trinajstić information content (AvgIpc) is 2.17. The van der Waals surface area contributed by atoms with E-state index in [9.17, 15) is 4.79 Å². The number of aryl methyl sites for hydroxylation is 1. The Balaban J connectivity index is 2.87. The third kappa shape index (κ3) is 4.40. The van der Waals surface area contributed by atoms with E-state index in [2.05, 4.69) is 19.2 Å². The minimum absolute atomic E-state index is 0.276. The van der Waals surface area contributed by atoms with E-state index in [0.717, 1.165) is 11.3 Å². The first-order valence-electron chi connectivity index (χ1n) is 6.29. The van der Waals surface area contributed by atoms with Crippen molar-refractivity contribution in [2.75, 3.05) is 5.32 Å². The summed E-state index contributed by atoms with van der Waals surface area (Å²) in [6.07, 6.45) is 0. The van der Waals surface area contributed by atoms with Crippen LogP contribution in [-0.4, -0.2) is 17.6 Å². The number of hydrogen-bond donors (Lipinski definition) is 1. The lowest BCUT2D eigenvalue weighted by Crippen LogP contribution is -2.24. The maximum atomic E-state index is 11.9. The van der Waals surface area contributed by atoms with Gasteiger partial charge in [-0.25, -0.2) is 4.79 Å². The molecule has 0 saturated heterocycles. The molecule has 0 aliphatic carbocycles. The molecule has 3 heteroatoms. The van der Waals surface area contributed by atoms with Gasteiger partial charge in [0, 0.05) is 11.7 Å². The van der Waals surface area contributed by atoms with Gasteiger partial charge in [0.2, 0.25) is 0 Å². The maximum absolute atomic E-state index is 11.9. The third-order valence-corrected chi connectivity index (χ3v) is 2.31. The molecule has 0 bridgehead atoms. The Labute approximate surface area is 110 Å². The maximum Gasteiger partial charge on any atom is 0.338 e. The molecule has 0 atom stereocenters.